The summed E-state index contributed by atoms with van der Waals surface area (Å²) in [5, 5.41) is 0. The lowest BCUT2D eigenvalue weighted by atomic mass is 9.93. The first kappa shape index (κ1) is 21.5. The quantitative estimate of drug-likeness (QED) is 0.693. The van der Waals surface area contributed by atoms with Crippen molar-refractivity contribution in [2.45, 2.75) is 63.5 Å². The van der Waals surface area contributed by atoms with Crippen LogP contribution in [0.25, 0.3) is 0 Å². The van der Waals surface area contributed by atoms with E-state index in [1.807, 2.05) is 21.4 Å². The standard InChI is InChI=1S/C21H32N4O4S/c1-23(17-8-12-30(28,29)15-17)14-21(27)24-10-6-16(7-11-24)18-13-20(26)25-9-4-2-3-5-19(25)22-18/h13,16-17H,2-12,14-15H2,1H3/t17-/m0/s1. The number of aromatic nitrogens is 2. The Morgan fingerprint density at radius 3 is 2.63 bits per heavy atom. The Hall–Kier alpha value is -1.74. The summed E-state index contributed by atoms with van der Waals surface area (Å²) in [6.45, 7) is 2.33. The number of aryl methyl sites for hydroxylation is 1. The van der Waals surface area contributed by atoms with Crippen molar-refractivity contribution in [2.24, 2.45) is 0 Å². The molecule has 2 fully saturated rings. The molecule has 1 amide bonds. The molecule has 0 aliphatic carbocycles. The molecule has 0 unspecified atom stereocenters. The van der Waals surface area contributed by atoms with Crippen LogP contribution in [0.2, 0.25) is 0 Å². The molecule has 1 aromatic heterocycles. The number of likely N-dealkylation sites (N-methyl/N-ethyl adjacent to an activating group) is 1. The highest BCUT2D eigenvalue weighted by Crippen LogP contribution is 2.27. The van der Waals surface area contributed by atoms with Gasteiger partial charge in [-0.3, -0.25) is 19.1 Å². The number of sulfone groups is 1. The maximum absolute atomic E-state index is 12.7. The Morgan fingerprint density at radius 2 is 1.93 bits per heavy atom. The van der Waals surface area contributed by atoms with Crippen molar-refractivity contribution >= 4 is 15.7 Å². The minimum atomic E-state index is -2.95. The number of carbonyl (C=O) groups is 1. The molecule has 0 saturated carbocycles. The van der Waals surface area contributed by atoms with Crippen molar-refractivity contribution in [1.82, 2.24) is 19.4 Å². The molecule has 1 atom stereocenters. The molecule has 0 spiro atoms. The maximum atomic E-state index is 12.7. The monoisotopic (exact) mass is 436 g/mol. The van der Waals surface area contributed by atoms with E-state index >= 15 is 0 Å². The van der Waals surface area contributed by atoms with Gasteiger partial charge in [-0.2, -0.15) is 0 Å². The normalized spacial score (nSPS) is 24.6. The van der Waals surface area contributed by atoms with Gasteiger partial charge in [-0.15, -0.1) is 0 Å². The van der Waals surface area contributed by atoms with Crippen molar-refractivity contribution < 1.29 is 13.2 Å². The molecule has 4 rings (SSSR count). The number of rotatable bonds is 4. The van der Waals surface area contributed by atoms with Gasteiger partial charge in [0, 0.05) is 44.1 Å². The number of hydrogen-bond acceptors (Lipinski definition) is 6. The smallest absolute Gasteiger partial charge is 0.253 e. The van der Waals surface area contributed by atoms with E-state index in [1.54, 1.807) is 6.07 Å². The summed E-state index contributed by atoms with van der Waals surface area (Å²) in [5.41, 5.74) is 0.942. The summed E-state index contributed by atoms with van der Waals surface area (Å²) in [6.07, 6.45) is 6.35. The predicted octanol–water partition coefficient (Wildman–Crippen LogP) is 0.795. The summed E-state index contributed by atoms with van der Waals surface area (Å²) in [6, 6.07) is 1.64. The second kappa shape index (κ2) is 8.78. The molecule has 4 heterocycles. The minimum Gasteiger partial charge on any atom is -0.342 e. The molecule has 2 saturated heterocycles. The Morgan fingerprint density at radius 1 is 1.17 bits per heavy atom. The van der Waals surface area contributed by atoms with Gasteiger partial charge in [0.05, 0.1) is 23.7 Å². The van der Waals surface area contributed by atoms with E-state index in [9.17, 15) is 18.0 Å². The molecule has 30 heavy (non-hydrogen) atoms. The van der Waals surface area contributed by atoms with Crippen molar-refractivity contribution in [3.05, 3.63) is 27.9 Å². The molecule has 0 N–H and O–H groups in total. The summed E-state index contributed by atoms with van der Waals surface area (Å²) >= 11 is 0. The van der Waals surface area contributed by atoms with Crippen molar-refractivity contribution in [1.29, 1.82) is 0 Å². The fraction of sp³-hybridized carbons (Fsp3) is 0.762. The van der Waals surface area contributed by atoms with Crippen LogP contribution in [-0.4, -0.2) is 77.9 Å². The van der Waals surface area contributed by atoms with Gasteiger partial charge in [0.25, 0.3) is 5.56 Å². The van der Waals surface area contributed by atoms with E-state index in [1.165, 1.54) is 0 Å². The zero-order chi connectivity index (χ0) is 21.3. The fourth-order valence-electron chi connectivity index (χ4n) is 4.93. The van der Waals surface area contributed by atoms with Crippen LogP contribution in [0.1, 0.15) is 56.0 Å². The SMILES string of the molecule is CN(CC(=O)N1CCC(c2cc(=O)n3c(n2)CCCCC3)CC1)[C@H]1CCS(=O)(=O)C1. The first-order valence-electron chi connectivity index (χ1n) is 11.1. The van der Waals surface area contributed by atoms with Crippen molar-refractivity contribution in [2.75, 3.05) is 38.2 Å². The molecular weight excluding hydrogens is 404 g/mol. The number of carbonyl (C=O) groups excluding carboxylic acids is 1. The Labute approximate surface area is 178 Å². The summed E-state index contributed by atoms with van der Waals surface area (Å²) in [4.78, 5) is 33.9. The second-order valence-corrected chi connectivity index (χ2v) is 11.3. The first-order chi connectivity index (χ1) is 14.3. The topological polar surface area (TPSA) is 92.6 Å². The molecule has 0 bridgehead atoms. The second-order valence-electron chi connectivity index (χ2n) is 9.02. The molecule has 1 aromatic rings. The third-order valence-corrected chi connectivity index (χ3v) is 8.62. The number of amides is 1. The predicted molar refractivity (Wildman–Crippen MR) is 114 cm³/mol. The number of likely N-dealkylation sites (tertiary alicyclic amines) is 1. The lowest BCUT2D eigenvalue weighted by Gasteiger charge is -2.33. The summed E-state index contributed by atoms with van der Waals surface area (Å²) in [7, 11) is -1.12. The lowest BCUT2D eigenvalue weighted by molar-refractivity contribution is -0.133. The Balaban J connectivity index is 1.34. The van der Waals surface area contributed by atoms with Gasteiger partial charge in [0.1, 0.15) is 5.82 Å². The van der Waals surface area contributed by atoms with Gasteiger partial charge in [-0.1, -0.05) is 6.42 Å². The maximum Gasteiger partial charge on any atom is 0.253 e. The molecular formula is C21H32N4O4S. The van der Waals surface area contributed by atoms with Crippen LogP contribution >= 0.6 is 0 Å². The lowest BCUT2D eigenvalue weighted by Crippen LogP contribution is -2.45. The number of piperidine rings is 1. The van der Waals surface area contributed by atoms with Gasteiger partial charge >= 0.3 is 0 Å². The van der Waals surface area contributed by atoms with Crippen LogP contribution in [0, 0.1) is 0 Å². The van der Waals surface area contributed by atoms with E-state index in [2.05, 4.69) is 0 Å². The Bertz CT molecular complexity index is 950. The van der Waals surface area contributed by atoms with Crippen LogP contribution in [-0.2, 0) is 27.6 Å². The molecule has 0 radical (unpaired) electrons. The van der Waals surface area contributed by atoms with Crippen LogP contribution < -0.4 is 5.56 Å². The molecule has 166 valence electrons. The zero-order valence-electron chi connectivity index (χ0n) is 17.8. The van der Waals surface area contributed by atoms with Crippen molar-refractivity contribution in [3.8, 4) is 0 Å². The largest absolute Gasteiger partial charge is 0.342 e. The van der Waals surface area contributed by atoms with Gasteiger partial charge in [-0.05, 0) is 39.2 Å². The summed E-state index contributed by atoms with van der Waals surface area (Å²) < 4.78 is 25.2. The fourth-order valence-corrected chi connectivity index (χ4v) is 6.74. The molecule has 8 nitrogen and oxygen atoms in total. The molecule has 0 aromatic carbocycles. The number of hydrogen-bond donors (Lipinski definition) is 0. The van der Waals surface area contributed by atoms with E-state index in [0.717, 1.165) is 56.6 Å². The first-order valence-corrected chi connectivity index (χ1v) is 12.9. The average molecular weight is 437 g/mol. The highest BCUT2D eigenvalue weighted by atomic mass is 32.2. The van der Waals surface area contributed by atoms with E-state index in [4.69, 9.17) is 4.98 Å². The molecule has 9 heteroatoms. The van der Waals surface area contributed by atoms with Gasteiger partial charge in [0.15, 0.2) is 9.84 Å². The number of fused-ring (bicyclic) bond motifs is 1. The van der Waals surface area contributed by atoms with Crippen LogP contribution in [0.3, 0.4) is 0 Å². The minimum absolute atomic E-state index is 0.0511. The van der Waals surface area contributed by atoms with Crippen molar-refractivity contribution in [3.63, 3.8) is 0 Å². The van der Waals surface area contributed by atoms with E-state index in [-0.39, 0.29) is 41.5 Å². The van der Waals surface area contributed by atoms with E-state index in [0.29, 0.717) is 19.5 Å². The average Bonchev–Trinajstić information content (AvgIpc) is 2.93. The third-order valence-electron chi connectivity index (χ3n) is 6.87. The van der Waals surface area contributed by atoms with Gasteiger partial charge in [-0.25, -0.2) is 13.4 Å². The zero-order valence-corrected chi connectivity index (χ0v) is 18.6. The van der Waals surface area contributed by atoms with Crippen LogP contribution in [0.4, 0.5) is 0 Å². The van der Waals surface area contributed by atoms with E-state index < -0.39 is 9.84 Å². The molecule has 3 aliphatic rings. The van der Waals surface area contributed by atoms with Crippen LogP contribution in [0.15, 0.2) is 10.9 Å². The van der Waals surface area contributed by atoms with Gasteiger partial charge < -0.3 is 4.90 Å². The third kappa shape index (κ3) is 4.77. The van der Waals surface area contributed by atoms with Gasteiger partial charge in [0.2, 0.25) is 5.91 Å². The number of nitrogens with zero attached hydrogens (tertiary/aromatic N) is 4. The summed E-state index contributed by atoms with van der Waals surface area (Å²) in [5.74, 6) is 1.55. The highest BCUT2D eigenvalue weighted by Gasteiger charge is 2.33. The Kier molecular flexibility index (Phi) is 6.29. The van der Waals surface area contributed by atoms with Crippen LogP contribution in [0.5, 0.6) is 0 Å². The molecule has 3 aliphatic heterocycles. The highest BCUT2D eigenvalue weighted by molar-refractivity contribution is 7.91.